The Kier molecular flexibility index (Phi) is 7.36. The molecule has 3 aromatic rings. The van der Waals surface area contributed by atoms with Crippen molar-refractivity contribution in [2.45, 2.75) is 46.0 Å². The summed E-state index contributed by atoms with van der Waals surface area (Å²) < 4.78 is 30.0. The van der Waals surface area contributed by atoms with Gasteiger partial charge in [0, 0.05) is 66.1 Å². The van der Waals surface area contributed by atoms with Gasteiger partial charge in [-0.3, -0.25) is 0 Å². The van der Waals surface area contributed by atoms with Gasteiger partial charge in [0.25, 0.3) is 5.92 Å². The molecular weight excluding hydrogens is 501 g/mol. The van der Waals surface area contributed by atoms with Crippen LogP contribution >= 0.6 is 23.2 Å². The number of alkyl halides is 2. The Morgan fingerprint density at radius 2 is 1.78 bits per heavy atom. The van der Waals surface area contributed by atoms with Crippen LogP contribution in [0.3, 0.4) is 0 Å². The van der Waals surface area contributed by atoms with Crippen LogP contribution in [0.25, 0.3) is 22.3 Å². The zero-order valence-electron chi connectivity index (χ0n) is 20.8. The van der Waals surface area contributed by atoms with Crippen molar-refractivity contribution in [1.82, 2.24) is 9.47 Å². The summed E-state index contributed by atoms with van der Waals surface area (Å²) in [6.07, 6.45) is 5.31. The first-order valence-corrected chi connectivity index (χ1v) is 12.8. The van der Waals surface area contributed by atoms with Gasteiger partial charge in [-0.05, 0) is 68.0 Å². The molecular formula is C29H30Cl2F2N2O. The highest BCUT2D eigenvalue weighted by molar-refractivity contribution is 6.38. The van der Waals surface area contributed by atoms with E-state index < -0.39 is 5.92 Å². The fraction of sp³-hybridized carbons (Fsp3) is 0.345. The van der Waals surface area contributed by atoms with E-state index >= 15 is 0 Å². The molecule has 1 fully saturated rings. The fourth-order valence-corrected chi connectivity index (χ4v) is 5.80. The van der Waals surface area contributed by atoms with Crippen molar-refractivity contribution >= 4 is 51.8 Å². The summed E-state index contributed by atoms with van der Waals surface area (Å²) in [6.45, 7) is 14.8. The van der Waals surface area contributed by atoms with E-state index in [0.717, 1.165) is 66.9 Å². The minimum atomic E-state index is -2.94. The number of carbonyl (C=O) groups is 1. The molecule has 0 atom stereocenters. The van der Waals surface area contributed by atoms with E-state index in [2.05, 4.69) is 18.1 Å². The van der Waals surface area contributed by atoms with Gasteiger partial charge < -0.3 is 14.3 Å². The Morgan fingerprint density at radius 3 is 2.39 bits per heavy atom. The number of carbonyl (C=O) groups excluding carboxylic acids is 1. The lowest BCUT2D eigenvalue weighted by Gasteiger charge is -2.34. The van der Waals surface area contributed by atoms with E-state index in [0.29, 0.717) is 39.2 Å². The Morgan fingerprint density at radius 1 is 1.11 bits per heavy atom. The molecule has 1 aromatic heterocycles. The molecule has 0 saturated carbocycles. The summed E-state index contributed by atoms with van der Waals surface area (Å²) in [6, 6.07) is 6.70. The van der Waals surface area contributed by atoms with E-state index in [4.69, 9.17) is 23.2 Å². The first kappa shape index (κ1) is 26.4. The van der Waals surface area contributed by atoms with Gasteiger partial charge in [-0.1, -0.05) is 36.4 Å². The van der Waals surface area contributed by atoms with Gasteiger partial charge in [0.2, 0.25) is 0 Å². The maximum atomic E-state index is 14.1. The average molecular weight is 531 g/mol. The van der Waals surface area contributed by atoms with Crippen LogP contribution in [-0.2, 0) is 10.7 Å². The highest BCUT2D eigenvalue weighted by Gasteiger charge is 2.27. The number of aldehydes is 1. The van der Waals surface area contributed by atoms with Gasteiger partial charge in [0.1, 0.15) is 6.29 Å². The molecule has 36 heavy (non-hydrogen) atoms. The monoisotopic (exact) mass is 530 g/mol. The number of benzene rings is 2. The molecule has 0 unspecified atom stereocenters. The van der Waals surface area contributed by atoms with Crippen LogP contribution in [0.5, 0.6) is 0 Å². The lowest BCUT2D eigenvalue weighted by atomic mass is 9.93. The molecule has 2 aromatic carbocycles. The van der Waals surface area contributed by atoms with E-state index in [1.165, 1.54) is 12.1 Å². The average Bonchev–Trinajstić information content (AvgIpc) is 3.16. The first-order valence-electron chi connectivity index (χ1n) is 12.0. The summed E-state index contributed by atoms with van der Waals surface area (Å²) in [5.74, 6) is -2.53. The van der Waals surface area contributed by atoms with E-state index in [-0.39, 0.29) is 5.56 Å². The number of piperidine rings is 1. The van der Waals surface area contributed by atoms with Crippen molar-refractivity contribution in [2.75, 3.05) is 13.1 Å². The lowest BCUT2D eigenvalue weighted by molar-refractivity contribution is -0.108. The van der Waals surface area contributed by atoms with Crippen molar-refractivity contribution in [3.05, 3.63) is 81.5 Å². The summed E-state index contributed by atoms with van der Waals surface area (Å²) in [5.41, 5.74) is 5.04. The van der Waals surface area contributed by atoms with Crippen LogP contribution in [0.2, 0.25) is 10.0 Å². The van der Waals surface area contributed by atoms with Gasteiger partial charge in [-0.2, -0.15) is 0 Å². The number of aromatic nitrogens is 1. The third-order valence-electron chi connectivity index (χ3n) is 7.20. The number of rotatable bonds is 7. The smallest absolute Gasteiger partial charge is 0.270 e. The number of halogens is 4. The molecule has 1 aliphatic rings. The van der Waals surface area contributed by atoms with Gasteiger partial charge in [-0.15, -0.1) is 0 Å². The minimum absolute atomic E-state index is 0.0229. The molecule has 2 heterocycles. The Balaban J connectivity index is 1.73. The molecule has 0 N–H and O–H groups in total. The fourth-order valence-electron chi connectivity index (χ4n) is 5.10. The molecule has 3 nitrogen and oxygen atoms in total. The summed E-state index contributed by atoms with van der Waals surface area (Å²) in [5, 5.41) is 1.63. The highest BCUT2D eigenvalue weighted by Crippen LogP contribution is 2.41. The SMILES string of the molecule is C=C(c1ccc(Cl)c(C(=C)n2cc(C)c3cc(C(C)(F)F)cc(C)c32)c1Cl)N1CCC(CC=O)CC1. The second-order valence-corrected chi connectivity index (χ2v) is 10.6. The Hall–Kier alpha value is -2.63. The lowest BCUT2D eigenvalue weighted by Crippen LogP contribution is -2.32. The minimum Gasteiger partial charge on any atom is -0.371 e. The topological polar surface area (TPSA) is 25.2 Å². The van der Waals surface area contributed by atoms with Crippen LogP contribution in [0.15, 0.2) is 43.6 Å². The van der Waals surface area contributed by atoms with Crippen LogP contribution in [0.1, 0.15) is 54.0 Å². The number of aryl methyl sites for hydroxylation is 2. The molecule has 0 amide bonds. The molecule has 1 aliphatic heterocycles. The van der Waals surface area contributed by atoms with Crippen LogP contribution in [0.4, 0.5) is 8.78 Å². The maximum absolute atomic E-state index is 14.1. The van der Waals surface area contributed by atoms with E-state index in [9.17, 15) is 13.6 Å². The van der Waals surface area contributed by atoms with Crippen LogP contribution < -0.4 is 0 Å². The van der Waals surface area contributed by atoms with Gasteiger partial charge in [0.05, 0.1) is 15.6 Å². The molecule has 1 saturated heterocycles. The van der Waals surface area contributed by atoms with Gasteiger partial charge in [0.15, 0.2) is 0 Å². The maximum Gasteiger partial charge on any atom is 0.270 e. The quantitative estimate of drug-likeness (QED) is 0.286. The number of nitrogens with zero attached hydrogens (tertiary/aromatic N) is 2. The predicted octanol–water partition coefficient (Wildman–Crippen LogP) is 8.47. The van der Waals surface area contributed by atoms with Crippen molar-refractivity contribution in [2.24, 2.45) is 5.92 Å². The molecule has 7 heteroatoms. The second-order valence-electron chi connectivity index (χ2n) is 9.77. The summed E-state index contributed by atoms with van der Waals surface area (Å²) >= 11 is 13.6. The zero-order valence-corrected chi connectivity index (χ0v) is 22.3. The van der Waals surface area contributed by atoms with Gasteiger partial charge >= 0.3 is 0 Å². The largest absolute Gasteiger partial charge is 0.371 e. The van der Waals surface area contributed by atoms with Crippen LogP contribution in [0, 0.1) is 19.8 Å². The Labute approximate surface area is 221 Å². The normalized spacial score (nSPS) is 14.9. The summed E-state index contributed by atoms with van der Waals surface area (Å²) in [7, 11) is 0. The standard InChI is InChI=1S/C29H30Cl2F2N2O/c1-17-14-22(29(5,32)33)15-24-18(2)16-35(28(17)24)20(4)26-25(30)7-6-23(27(26)31)19(3)34-11-8-21(9-12-34)10-13-36/h6-7,13-16,21H,3-4,8-12H2,1-2,5H3. The van der Waals surface area contributed by atoms with Crippen molar-refractivity contribution in [3.63, 3.8) is 0 Å². The van der Waals surface area contributed by atoms with Crippen molar-refractivity contribution in [3.8, 4) is 0 Å². The molecule has 0 bridgehead atoms. The third-order valence-corrected chi connectivity index (χ3v) is 7.91. The van der Waals surface area contributed by atoms with Gasteiger partial charge in [-0.25, -0.2) is 8.78 Å². The summed E-state index contributed by atoms with van der Waals surface area (Å²) in [4.78, 5) is 13.1. The molecule has 190 valence electrons. The number of fused-ring (bicyclic) bond motifs is 1. The highest BCUT2D eigenvalue weighted by atomic mass is 35.5. The zero-order chi connectivity index (χ0) is 26.4. The first-order chi connectivity index (χ1) is 16.9. The molecule has 0 spiro atoms. The van der Waals surface area contributed by atoms with E-state index in [1.807, 2.05) is 30.7 Å². The Bertz CT molecular complexity index is 1360. The predicted molar refractivity (Wildman–Crippen MR) is 146 cm³/mol. The second kappa shape index (κ2) is 10.0. The number of hydrogen-bond donors (Lipinski definition) is 0. The number of likely N-dealkylation sites (tertiary alicyclic amines) is 1. The third kappa shape index (κ3) is 4.83. The number of hydrogen-bond acceptors (Lipinski definition) is 2. The molecule has 0 aliphatic carbocycles. The van der Waals surface area contributed by atoms with E-state index in [1.54, 1.807) is 6.07 Å². The molecule has 4 rings (SSSR count). The van der Waals surface area contributed by atoms with Crippen molar-refractivity contribution < 1.29 is 13.6 Å². The van der Waals surface area contributed by atoms with Crippen LogP contribution in [-0.4, -0.2) is 28.8 Å². The molecule has 0 radical (unpaired) electrons. The van der Waals surface area contributed by atoms with Crippen molar-refractivity contribution in [1.29, 1.82) is 0 Å².